The maximum atomic E-state index is 12.5. The van der Waals surface area contributed by atoms with Gasteiger partial charge < -0.3 is 14.7 Å². The molecular formula is C21H29N3O3. The Morgan fingerprint density at radius 2 is 1.85 bits per heavy atom. The van der Waals surface area contributed by atoms with Crippen LogP contribution in [0.25, 0.3) is 0 Å². The number of hydrogen-bond acceptors (Lipinski definition) is 4. The molecule has 0 bridgehead atoms. The Morgan fingerprint density at radius 3 is 2.44 bits per heavy atom. The van der Waals surface area contributed by atoms with Gasteiger partial charge in [-0.25, -0.2) is 0 Å². The number of piperidine rings is 1. The van der Waals surface area contributed by atoms with Crippen molar-refractivity contribution < 1.29 is 14.6 Å². The topological polar surface area (TPSA) is 67.6 Å². The molecule has 0 radical (unpaired) electrons. The first kappa shape index (κ1) is 19.4. The molecule has 0 unspecified atom stereocenters. The molecule has 2 heterocycles. The molecule has 6 nitrogen and oxygen atoms in total. The van der Waals surface area contributed by atoms with Crippen molar-refractivity contribution in [3.05, 3.63) is 46.8 Å². The summed E-state index contributed by atoms with van der Waals surface area (Å²) in [6, 6.07) is 7.91. The average molecular weight is 371 g/mol. The highest BCUT2D eigenvalue weighted by molar-refractivity contribution is 5.76. The standard InChI is InChI=1S/C21H29N3O3/c1-15-5-6-19(11-16(15)2)27-14-21(26)7-9-23(10-8-21)20(25)13-24-18(4)12-17(3)22-24/h5-6,11-12,26H,7-10,13-14H2,1-4H3. The van der Waals surface area contributed by atoms with Crippen LogP contribution >= 0.6 is 0 Å². The molecular weight excluding hydrogens is 342 g/mol. The first-order valence-corrected chi connectivity index (χ1v) is 9.47. The molecule has 0 aliphatic carbocycles. The Morgan fingerprint density at radius 1 is 1.15 bits per heavy atom. The Balaban J connectivity index is 1.51. The predicted octanol–water partition coefficient (Wildman–Crippen LogP) is 2.55. The Labute approximate surface area is 160 Å². The number of rotatable bonds is 5. The number of carbonyl (C=O) groups excluding carboxylic acids is 1. The summed E-state index contributed by atoms with van der Waals surface area (Å²) >= 11 is 0. The van der Waals surface area contributed by atoms with E-state index in [9.17, 15) is 9.90 Å². The minimum absolute atomic E-state index is 0.0401. The van der Waals surface area contributed by atoms with Crippen molar-refractivity contribution in [1.29, 1.82) is 0 Å². The second kappa shape index (κ2) is 7.72. The summed E-state index contributed by atoms with van der Waals surface area (Å²) in [4.78, 5) is 14.3. The number of carbonyl (C=O) groups is 1. The normalized spacial score (nSPS) is 16.4. The number of likely N-dealkylation sites (tertiary alicyclic amines) is 1. The molecule has 146 valence electrons. The van der Waals surface area contributed by atoms with Crippen LogP contribution in [-0.2, 0) is 11.3 Å². The number of hydrogen-bond donors (Lipinski definition) is 1. The molecule has 6 heteroatoms. The second-order valence-corrected chi connectivity index (χ2v) is 7.72. The highest BCUT2D eigenvalue weighted by Gasteiger charge is 2.34. The van der Waals surface area contributed by atoms with Crippen molar-refractivity contribution in [2.75, 3.05) is 19.7 Å². The van der Waals surface area contributed by atoms with Gasteiger partial charge in [0.1, 0.15) is 24.5 Å². The van der Waals surface area contributed by atoms with Gasteiger partial charge in [0.15, 0.2) is 0 Å². The van der Waals surface area contributed by atoms with Crippen LogP contribution in [0.3, 0.4) is 0 Å². The van der Waals surface area contributed by atoms with Crippen LogP contribution in [0, 0.1) is 27.7 Å². The van der Waals surface area contributed by atoms with E-state index in [-0.39, 0.29) is 19.1 Å². The van der Waals surface area contributed by atoms with Gasteiger partial charge in [-0.2, -0.15) is 5.10 Å². The number of ether oxygens (including phenoxy) is 1. The zero-order valence-electron chi connectivity index (χ0n) is 16.7. The number of aliphatic hydroxyl groups is 1. The number of aromatic nitrogens is 2. The SMILES string of the molecule is Cc1cc(C)n(CC(=O)N2CCC(O)(COc3ccc(C)c(C)c3)CC2)n1. The lowest BCUT2D eigenvalue weighted by molar-refractivity contribution is -0.137. The smallest absolute Gasteiger partial charge is 0.244 e. The van der Waals surface area contributed by atoms with E-state index in [4.69, 9.17) is 4.74 Å². The van der Waals surface area contributed by atoms with Crippen LogP contribution in [-0.4, -0.2) is 51.0 Å². The van der Waals surface area contributed by atoms with E-state index in [0.29, 0.717) is 25.9 Å². The van der Waals surface area contributed by atoms with Crippen molar-refractivity contribution in [2.24, 2.45) is 0 Å². The van der Waals surface area contributed by atoms with E-state index in [0.717, 1.165) is 17.1 Å². The molecule has 1 aromatic heterocycles. The van der Waals surface area contributed by atoms with Gasteiger partial charge in [0.05, 0.1) is 5.69 Å². The van der Waals surface area contributed by atoms with Crippen molar-refractivity contribution in [3.8, 4) is 5.75 Å². The van der Waals surface area contributed by atoms with Crippen LogP contribution in [0.5, 0.6) is 5.75 Å². The highest BCUT2D eigenvalue weighted by atomic mass is 16.5. The second-order valence-electron chi connectivity index (χ2n) is 7.72. The molecule has 1 aromatic carbocycles. The molecule has 0 saturated carbocycles. The summed E-state index contributed by atoms with van der Waals surface area (Å²) in [6.07, 6.45) is 1.03. The van der Waals surface area contributed by atoms with E-state index in [1.807, 2.05) is 45.0 Å². The van der Waals surface area contributed by atoms with Gasteiger partial charge in [-0.3, -0.25) is 9.48 Å². The predicted molar refractivity (Wildman–Crippen MR) is 104 cm³/mol. The highest BCUT2D eigenvalue weighted by Crippen LogP contribution is 2.25. The van der Waals surface area contributed by atoms with E-state index in [2.05, 4.69) is 12.0 Å². The molecule has 3 rings (SSSR count). The van der Waals surface area contributed by atoms with Gasteiger partial charge in [0, 0.05) is 18.8 Å². The van der Waals surface area contributed by atoms with Crippen molar-refractivity contribution in [3.63, 3.8) is 0 Å². The summed E-state index contributed by atoms with van der Waals surface area (Å²) in [5.74, 6) is 0.813. The van der Waals surface area contributed by atoms with Gasteiger partial charge in [-0.1, -0.05) is 6.07 Å². The first-order chi connectivity index (χ1) is 12.8. The average Bonchev–Trinajstić information content (AvgIpc) is 2.94. The molecule has 1 aliphatic rings. The lowest BCUT2D eigenvalue weighted by Crippen LogP contribution is -2.50. The Bertz CT molecular complexity index is 820. The van der Waals surface area contributed by atoms with Crippen LogP contribution in [0.1, 0.15) is 35.4 Å². The molecule has 0 spiro atoms. The Kier molecular flexibility index (Phi) is 5.56. The number of nitrogens with zero attached hydrogens (tertiary/aromatic N) is 3. The fraction of sp³-hybridized carbons (Fsp3) is 0.524. The van der Waals surface area contributed by atoms with Crippen molar-refractivity contribution in [1.82, 2.24) is 14.7 Å². The van der Waals surface area contributed by atoms with Crippen LogP contribution in [0.15, 0.2) is 24.3 Å². The summed E-state index contributed by atoms with van der Waals surface area (Å²) in [5.41, 5.74) is 3.39. The molecule has 1 N–H and O–H groups in total. The van der Waals surface area contributed by atoms with E-state index in [1.54, 1.807) is 9.58 Å². The quantitative estimate of drug-likeness (QED) is 0.877. The van der Waals surface area contributed by atoms with Crippen LogP contribution in [0.4, 0.5) is 0 Å². The molecule has 2 aromatic rings. The zero-order valence-corrected chi connectivity index (χ0v) is 16.7. The molecule has 1 saturated heterocycles. The Hall–Kier alpha value is -2.34. The van der Waals surface area contributed by atoms with Crippen LogP contribution in [0.2, 0.25) is 0 Å². The van der Waals surface area contributed by atoms with Gasteiger partial charge >= 0.3 is 0 Å². The lowest BCUT2D eigenvalue weighted by atomic mass is 9.92. The van der Waals surface area contributed by atoms with Crippen molar-refractivity contribution in [2.45, 2.75) is 52.7 Å². The minimum Gasteiger partial charge on any atom is -0.491 e. The minimum atomic E-state index is -0.895. The third-order valence-electron chi connectivity index (χ3n) is 5.42. The third-order valence-corrected chi connectivity index (χ3v) is 5.42. The zero-order chi connectivity index (χ0) is 19.6. The number of benzene rings is 1. The van der Waals surface area contributed by atoms with E-state index >= 15 is 0 Å². The fourth-order valence-electron chi connectivity index (χ4n) is 3.40. The van der Waals surface area contributed by atoms with Gasteiger partial charge in [-0.05, 0) is 69.9 Å². The van der Waals surface area contributed by atoms with Gasteiger partial charge in [0.2, 0.25) is 5.91 Å². The molecule has 0 atom stereocenters. The van der Waals surface area contributed by atoms with Crippen LogP contribution < -0.4 is 4.74 Å². The summed E-state index contributed by atoms with van der Waals surface area (Å²) in [5, 5.41) is 15.2. The molecule has 1 amide bonds. The largest absolute Gasteiger partial charge is 0.491 e. The monoisotopic (exact) mass is 371 g/mol. The fourth-order valence-corrected chi connectivity index (χ4v) is 3.40. The number of aryl methyl sites for hydroxylation is 4. The summed E-state index contributed by atoms with van der Waals surface area (Å²) < 4.78 is 7.56. The maximum absolute atomic E-state index is 12.5. The third kappa shape index (κ3) is 4.69. The van der Waals surface area contributed by atoms with Crippen molar-refractivity contribution >= 4 is 5.91 Å². The molecule has 27 heavy (non-hydrogen) atoms. The maximum Gasteiger partial charge on any atom is 0.244 e. The lowest BCUT2D eigenvalue weighted by Gasteiger charge is -2.38. The van der Waals surface area contributed by atoms with Gasteiger partial charge in [-0.15, -0.1) is 0 Å². The molecule has 1 fully saturated rings. The van der Waals surface area contributed by atoms with E-state index in [1.165, 1.54) is 11.1 Å². The first-order valence-electron chi connectivity index (χ1n) is 9.47. The summed E-state index contributed by atoms with van der Waals surface area (Å²) in [7, 11) is 0. The number of amides is 1. The summed E-state index contributed by atoms with van der Waals surface area (Å²) in [6.45, 7) is 9.54. The van der Waals surface area contributed by atoms with E-state index < -0.39 is 5.60 Å². The van der Waals surface area contributed by atoms with Gasteiger partial charge in [0.25, 0.3) is 0 Å². The molecule has 1 aliphatic heterocycles.